The summed E-state index contributed by atoms with van der Waals surface area (Å²) in [5, 5.41) is 3.67. The van der Waals surface area contributed by atoms with Crippen LogP contribution in [0.1, 0.15) is 18.4 Å². The quantitative estimate of drug-likeness (QED) is 0.275. The fourth-order valence-corrected chi connectivity index (χ4v) is 3.44. The molecule has 1 aromatic carbocycles. The van der Waals surface area contributed by atoms with Gasteiger partial charge in [0.15, 0.2) is 0 Å². The third-order valence-electron chi connectivity index (χ3n) is 3.64. The molecule has 1 saturated carbocycles. The molecule has 0 spiro atoms. The van der Waals surface area contributed by atoms with Gasteiger partial charge in [0.1, 0.15) is 0 Å². The van der Waals surface area contributed by atoms with E-state index in [9.17, 15) is 8.42 Å². The molecule has 3 atom stereocenters. The summed E-state index contributed by atoms with van der Waals surface area (Å²) in [5.74, 6) is -0.257. The number of benzene rings is 1. The van der Waals surface area contributed by atoms with Crippen LogP contribution in [-0.4, -0.2) is 28.9 Å². The smallest absolute Gasteiger partial charge is 0.266 e. The Balaban J connectivity index is 2.04. The maximum Gasteiger partial charge on any atom is 0.296 e. The fraction of sp³-hybridized carbons (Fsp3) is 0.538. The van der Waals surface area contributed by atoms with Gasteiger partial charge in [0.05, 0.1) is 19.3 Å². The van der Waals surface area contributed by atoms with Gasteiger partial charge in [0, 0.05) is 11.0 Å². The molecule has 1 aliphatic rings. The second-order valence-electron chi connectivity index (χ2n) is 5.32. The minimum absolute atomic E-state index is 0.0202. The topological polar surface area (TPSA) is 92.1 Å². The molecule has 3 unspecified atom stereocenters. The van der Waals surface area contributed by atoms with Crippen LogP contribution in [0.2, 0.25) is 5.82 Å². The molecule has 0 N–H and O–H groups in total. The Bertz CT molecular complexity index is 641. The minimum Gasteiger partial charge on any atom is -0.266 e. The largest absolute Gasteiger partial charge is 0.296 e. The third kappa shape index (κ3) is 4.00. The molecule has 1 aliphatic carbocycles. The lowest BCUT2D eigenvalue weighted by Crippen LogP contribution is -2.20. The lowest BCUT2D eigenvalue weighted by molar-refractivity contribution is 0.244. The number of nitrogens with zero attached hydrogens (tertiary/aromatic N) is 3. The van der Waals surface area contributed by atoms with Gasteiger partial charge in [-0.2, -0.15) is 8.42 Å². The van der Waals surface area contributed by atoms with E-state index < -0.39 is 10.1 Å². The van der Waals surface area contributed by atoms with Crippen molar-refractivity contribution >= 4 is 18.0 Å². The van der Waals surface area contributed by atoms with Crippen LogP contribution in [0, 0.1) is 12.8 Å². The zero-order valence-electron chi connectivity index (χ0n) is 11.7. The van der Waals surface area contributed by atoms with Crippen molar-refractivity contribution in [2.75, 3.05) is 6.61 Å². The summed E-state index contributed by atoms with van der Waals surface area (Å²) in [6, 6.07) is 6.14. The average molecular weight is 305 g/mol. The summed E-state index contributed by atoms with van der Waals surface area (Å²) >= 11 is 0. The Hall–Kier alpha value is -1.50. The van der Waals surface area contributed by atoms with Crippen LogP contribution >= 0.6 is 0 Å². The van der Waals surface area contributed by atoms with Crippen LogP contribution in [0.25, 0.3) is 10.4 Å². The first-order valence-electron chi connectivity index (χ1n) is 6.68. The van der Waals surface area contributed by atoms with E-state index in [-0.39, 0.29) is 29.3 Å². The summed E-state index contributed by atoms with van der Waals surface area (Å²) in [6.45, 7) is 1.86. The van der Waals surface area contributed by atoms with Crippen molar-refractivity contribution in [1.82, 2.24) is 0 Å². The highest BCUT2D eigenvalue weighted by atomic mass is 32.2. The van der Waals surface area contributed by atoms with Crippen molar-refractivity contribution in [1.29, 1.82) is 0 Å². The molecule has 110 valence electrons. The van der Waals surface area contributed by atoms with E-state index in [2.05, 4.69) is 10.0 Å². The molecular formula is C13H16BN3O3S. The van der Waals surface area contributed by atoms with Gasteiger partial charge in [-0.05, 0) is 36.9 Å². The van der Waals surface area contributed by atoms with Gasteiger partial charge < -0.3 is 0 Å². The van der Waals surface area contributed by atoms with Gasteiger partial charge >= 0.3 is 0 Å². The first-order valence-corrected chi connectivity index (χ1v) is 8.09. The lowest BCUT2D eigenvalue weighted by atomic mass is 9.85. The Morgan fingerprint density at radius 3 is 2.67 bits per heavy atom. The molecule has 1 fully saturated rings. The van der Waals surface area contributed by atoms with E-state index in [0.717, 1.165) is 5.56 Å². The van der Waals surface area contributed by atoms with Gasteiger partial charge in [-0.1, -0.05) is 35.0 Å². The first kappa shape index (κ1) is 15.9. The van der Waals surface area contributed by atoms with E-state index >= 15 is 0 Å². The molecule has 2 rings (SSSR count). The zero-order valence-corrected chi connectivity index (χ0v) is 12.5. The molecule has 0 amide bonds. The van der Waals surface area contributed by atoms with Crippen LogP contribution in [-0.2, 0) is 14.3 Å². The van der Waals surface area contributed by atoms with E-state index in [1.54, 1.807) is 12.1 Å². The molecule has 21 heavy (non-hydrogen) atoms. The van der Waals surface area contributed by atoms with Gasteiger partial charge in [0.2, 0.25) is 0 Å². The molecule has 8 heteroatoms. The molecule has 0 heterocycles. The van der Waals surface area contributed by atoms with Crippen LogP contribution in [0.4, 0.5) is 0 Å². The van der Waals surface area contributed by atoms with Crippen molar-refractivity contribution < 1.29 is 12.6 Å². The average Bonchev–Trinajstić information content (AvgIpc) is 2.78. The van der Waals surface area contributed by atoms with E-state index in [1.807, 2.05) is 6.92 Å². The number of hydrogen-bond donors (Lipinski definition) is 0. The summed E-state index contributed by atoms with van der Waals surface area (Å²) in [6.07, 6.45) is 1.15. The Labute approximate surface area is 125 Å². The second kappa shape index (κ2) is 6.51. The number of aryl methyl sites for hydroxylation is 1. The number of azide groups is 1. The van der Waals surface area contributed by atoms with Crippen LogP contribution in [0.5, 0.6) is 0 Å². The van der Waals surface area contributed by atoms with Crippen molar-refractivity contribution in [3.8, 4) is 0 Å². The van der Waals surface area contributed by atoms with Crippen LogP contribution in [0.3, 0.4) is 0 Å². The van der Waals surface area contributed by atoms with E-state index in [0.29, 0.717) is 12.8 Å². The molecule has 0 saturated heterocycles. The summed E-state index contributed by atoms with van der Waals surface area (Å²) < 4.78 is 29.3. The van der Waals surface area contributed by atoms with Crippen molar-refractivity contribution in [3.05, 3.63) is 40.3 Å². The molecule has 0 aliphatic heterocycles. The van der Waals surface area contributed by atoms with Crippen LogP contribution in [0.15, 0.2) is 34.3 Å². The standard InChI is InChI=1S/C13H16BN3O3S/c1-9-2-4-12(5-3-9)21(18,19)20-8-10-6-11(14)7-13(10)16-17-15/h2-5,10-11,13H,6-8H2,1H3. The molecule has 0 bridgehead atoms. The maximum absolute atomic E-state index is 12.1. The zero-order chi connectivity index (χ0) is 15.5. The van der Waals surface area contributed by atoms with Crippen molar-refractivity contribution in [3.63, 3.8) is 0 Å². The lowest BCUT2D eigenvalue weighted by Gasteiger charge is -2.15. The van der Waals surface area contributed by atoms with Gasteiger partial charge in [0.25, 0.3) is 10.1 Å². The van der Waals surface area contributed by atoms with E-state index in [4.69, 9.17) is 17.6 Å². The molecule has 1 aromatic rings. The predicted octanol–water partition coefficient (Wildman–Crippen LogP) is 2.75. The Morgan fingerprint density at radius 1 is 1.38 bits per heavy atom. The van der Waals surface area contributed by atoms with Gasteiger partial charge in [-0.25, -0.2) is 0 Å². The SMILES string of the molecule is [B]C1CC(COS(=O)(=O)c2ccc(C)cc2)C(N=[N+]=[N-])C1. The van der Waals surface area contributed by atoms with Gasteiger partial charge in [-0.3, -0.25) is 4.18 Å². The molecule has 2 radical (unpaired) electrons. The highest BCUT2D eigenvalue weighted by molar-refractivity contribution is 7.86. The predicted molar refractivity (Wildman–Crippen MR) is 79.5 cm³/mol. The van der Waals surface area contributed by atoms with Crippen molar-refractivity contribution in [2.24, 2.45) is 11.0 Å². The highest BCUT2D eigenvalue weighted by Gasteiger charge is 2.32. The highest BCUT2D eigenvalue weighted by Crippen LogP contribution is 2.36. The molecule has 0 aromatic heterocycles. The number of hydrogen-bond acceptors (Lipinski definition) is 4. The van der Waals surface area contributed by atoms with Gasteiger partial charge in [-0.15, -0.1) is 0 Å². The van der Waals surface area contributed by atoms with Crippen LogP contribution < -0.4 is 0 Å². The van der Waals surface area contributed by atoms with E-state index in [1.165, 1.54) is 12.1 Å². The Morgan fingerprint density at radius 2 is 2.05 bits per heavy atom. The monoisotopic (exact) mass is 305 g/mol. The minimum atomic E-state index is -3.80. The summed E-state index contributed by atoms with van der Waals surface area (Å²) in [7, 11) is 2.03. The van der Waals surface area contributed by atoms with Crippen molar-refractivity contribution in [2.45, 2.75) is 36.5 Å². The maximum atomic E-state index is 12.1. The normalized spacial score (nSPS) is 25.5. The fourth-order valence-electron chi connectivity index (χ4n) is 2.48. The Kier molecular flexibility index (Phi) is 4.93. The summed E-state index contributed by atoms with van der Waals surface area (Å²) in [5.41, 5.74) is 9.49. The molecule has 6 nitrogen and oxygen atoms in total. The first-order chi connectivity index (χ1) is 9.92. The summed E-state index contributed by atoms with van der Waals surface area (Å²) in [4.78, 5) is 2.90. The molecular weight excluding hydrogens is 289 g/mol. The second-order valence-corrected chi connectivity index (χ2v) is 6.93. The number of rotatable bonds is 5. The third-order valence-corrected chi connectivity index (χ3v) is 4.94.